The highest BCUT2D eigenvalue weighted by atomic mass is 79.9. The number of benzene rings is 1. The van der Waals surface area contributed by atoms with Gasteiger partial charge in [-0.1, -0.05) is 22.4 Å². The number of likely N-dealkylation sites (tertiary alicyclic amines) is 1. The van der Waals surface area contributed by atoms with Crippen LogP contribution >= 0.6 is 15.9 Å². The van der Waals surface area contributed by atoms with Crippen LogP contribution in [0.1, 0.15) is 31.9 Å². The second-order valence-corrected chi connectivity index (χ2v) is 6.26. The van der Waals surface area contributed by atoms with Crippen molar-refractivity contribution in [2.75, 3.05) is 6.54 Å². The SMILES string of the molecule is CC1CCCCN1Cc1cc2cc(Br)ccc2[nH]1. The second kappa shape index (κ2) is 5.06. The molecule has 1 aliphatic heterocycles. The van der Waals surface area contributed by atoms with E-state index >= 15 is 0 Å². The van der Waals surface area contributed by atoms with Gasteiger partial charge in [0.1, 0.15) is 0 Å². The van der Waals surface area contributed by atoms with Gasteiger partial charge in [0.15, 0.2) is 0 Å². The summed E-state index contributed by atoms with van der Waals surface area (Å²) < 4.78 is 1.15. The van der Waals surface area contributed by atoms with Crippen LogP contribution in [0.2, 0.25) is 0 Å². The van der Waals surface area contributed by atoms with E-state index in [-0.39, 0.29) is 0 Å². The van der Waals surface area contributed by atoms with Gasteiger partial charge in [0.05, 0.1) is 0 Å². The molecule has 3 heteroatoms. The first-order valence-corrected chi connectivity index (χ1v) is 7.53. The van der Waals surface area contributed by atoms with E-state index in [1.165, 1.54) is 42.4 Å². The van der Waals surface area contributed by atoms with E-state index in [1.807, 2.05) is 0 Å². The maximum atomic E-state index is 3.53. The normalized spacial score (nSPS) is 21.6. The number of aromatic amines is 1. The van der Waals surface area contributed by atoms with Crippen molar-refractivity contribution in [2.24, 2.45) is 0 Å². The lowest BCUT2D eigenvalue weighted by Crippen LogP contribution is -2.36. The molecule has 0 spiro atoms. The average molecular weight is 307 g/mol. The van der Waals surface area contributed by atoms with Crippen LogP contribution in [0.3, 0.4) is 0 Å². The third-order valence-electron chi connectivity index (χ3n) is 3.95. The van der Waals surface area contributed by atoms with E-state index in [2.05, 4.69) is 57.0 Å². The van der Waals surface area contributed by atoms with E-state index < -0.39 is 0 Å². The summed E-state index contributed by atoms with van der Waals surface area (Å²) in [6.07, 6.45) is 4.07. The molecule has 1 aromatic heterocycles. The number of rotatable bonds is 2. The number of fused-ring (bicyclic) bond motifs is 1. The Hall–Kier alpha value is -0.800. The Morgan fingerprint density at radius 3 is 3.06 bits per heavy atom. The van der Waals surface area contributed by atoms with Crippen molar-refractivity contribution in [3.63, 3.8) is 0 Å². The van der Waals surface area contributed by atoms with E-state index in [0.29, 0.717) is 0 Å². The molecule has 1 aliphatic rings. The third kappa shape index (κ3) is 2.47. The zero-order valence-electron chi connectivity index (χ0n) is 10.7. The zero-order chi connectivity index (χ0) is 12.5. The van der Waals surface area contributed by atoms with Gasteiger partial charge in [-0.15, -0.1) is 0 Å². The molecule has 1 atom stereocenters. The van der Waals surface area contributed by atoms with Gasteiger partial charge in [-0.25, -0.2) is 0 Å². The maximum absolute atomic E-state index is 3.53. The molecule has 1 aromatic carbocycles. The molecule has 1 unspecified atom stereocenters. The highest BCUT2D eigenvalue weighted by Crippen LogP contribution is 2.23. The van der Waals surface area contributed by atoms with E-state index in [1.54, 1.807) is 0 Å². The quantitative estimate of drug-likeness (QED) is 0.876. The lowest BCUT2D eigenvalue weighted by molar-refractivity contribution is 0.151. The van der Waals surface area contributed by atoms with Crippen molar-refractivity contribution >= 4 is 26.8 Å². The molecule has 1 N–H and O–H groups in total. The summed E-state index contributed by atoms with van der Waals surface area (Å²) in [6, 6.07) is 9.40. The Labute approximate surface area is 116 Å². The number of hydrogen-bond donors (Lipinski definition) is 1. The van der Waals surface area contributed by atoms with Gasteiger partial charge < -0.3 is 4.98 Å². The second-order valence-electron chi connectivity index (χ2n) is 5.34. The fourth-order valence-electron chi connectivity index (χ4n) is 2.86. The molecule has 2 nitrogen and oxygen atoms in total. The number of aromatic nitrogens is 1. The van der Waals surface area contributed by atoms with Gasteiger partial charge in [-0.05, 0) is 50.6 Å². The van der Waals surface area contributed by atoms with Crippen LogP contribution in [0.25, 0.3) is 10.9 Å². The van der Waals surface area contributed by atoms with Gasteiger partial charge in [-0.3, -0.25) is 4.90 Å². The van der Waals surface area contributed by atoms with Gasteiger partial charge >= 0.3 is 0 Å². The summed E-state index contributed by atoms with van der Waals surface area (Å²) >= 11 is 3.53. The van der Waals surface area contributed by atoms with Gasteiger partial charge in [0.25, 0.3) is 0 Å². The number of H-pyrrole nitrogens is 1. The van der Waals surface area contributed by atoms with Crippen molar-refractivity contribution in [3.8, 4) is 0 Å². The Balaban J connectivity index is 1.81. The van der Waals surface area contributed by atoms with Crippen molar-refractivity contribution in [1.29, 1.82) is 0 Å². The van der Waals surface area contributed by atoms with Crippen LogP contribution in [0.15, 0.2) is 28.7 Å². The number of nitrogens with zero attached hydrogens (tertiary/aromatic N) is 1. The smallest absolute Gasteiger partial charge is 0.0457 e. The van der Waals surface area contributed by atoms with E-state index in [9.17, 15) is 0 Å². The van der Waals surface area contributed by atoms with Crippen molar-refractivity contribution in [3.05, 3.63) is 34.4 Å². The van der Waals surface area contributed by atoms with Crippen molar-refractivity contribution < 1.29 is 0 Å². The summed E-state index contributed by atoms with van der Waals surface area (Å²) in [5.74, 6) is 0. The lowest BCUT2D eigenvalue weighted by atomic mass is 10.0. The molecule has 2 heterocycles. The van der Waals surface area contributed by atoms with Gasteiger partial charge in [-0.2, -0.15) is 0 Å². The minimum Gasteiger partial charge on any atom is -0.357 e. The first-order valence-electron chi connectivity index (χ1n) is 6.73. The third-order valence-corrected chi connectivity index (χ3v) is 4.45. The molecule has 96 valence electrons. The molecule has 1 fully saturated rings. The van der Waals surface area contributed by atoms with Crippen LogP contribution in [-0.2, 0) is 6.54 Å². The molecule has 1 saturated heterocycles. The van der Waals surface area contributed by atoms with Crippen molar-refractivity contribution in [1.82, 2.24) is 9.88 Å². The molecule has 3 rings (SSSR count). The molecular formula is C15H19BrN2. The highest BCUT2D eigenvalue weighted by Gasteiger charge is 2.18. The maximum Gasteiger partial charge on any atom is 0.0457 e. The summed E-state index contributed by atoms with van der Waals surface area (Å²) in [4.78, 5) is 6.11. The fourth-order valence-corrected chi connectivity index (χ4v) is 3.24. The summed E-state index contributed by atoms with van der Waals surface area (Å²) in [7, 11) is 0. The van der Waals surface area contributed by atoms with Crippen LogP contribution in [-0.4, -0.2) is 22.5 Å². The van der Waals surface area contributed by atoms with Crippen molar-refractivity contribution in [2.45, 2.75) is 38.8 Å². The number of hydrogen-bond acceptors (Lipinski definition) is 1. The number of nitrogens with one attached hydrogen (secondary N) is 1. The number of halogens is 1. The topological polar surface area (TPSA) is 19.0 Å². The predicted octanol–water partition coefficient (Wildman–Crippen LogP) is 4.30. The minimum atomic E-state index is 0.719. The fraction of sp³-hybridized carbons (Fsp3) is 0.467. The van der Waals surface area contributed by atoms with Crippen LogP contribution < -0.4 is 0 Å². The molecule has 0 bridgehead atoms. The molecular weight excluding hydrogens is 288 g/mol. The summed E-state index contributed by atoms with van der Waals surface area (Å²) in [5, 5.41) is 1.30. The van der Waals surface area contributed by atoms with Gasteiger partial charge in [0.2, 0.25) is 0 Å². The summed E-state index contributed by atoms with van der Waals surface area (Å²) in [5.41, 5.74) is 2.56. The Kier molecular flexibility index (Phi) is 3.44. The zero-order valence-corrected chi connectivity index (χ0v) is 12.3. The lowest BCUT2D eigenvalue weighted by Gasteiger charge is -2.32. The molecule has 0 saturated carbocycles. The monoisotopic (exact) mass is 306 g/mol. The Morgan fingerprint density at radius 1 is 1.33 bits per heavy atom. The molecule has 2 aromatic rings. The standard InChI is InChI=1S/C15H19BrN2/c1-11-4-2-3-7-18(11)10-14-9-12-8-13(16)5-6-15(12)17-14/h5-6,8-9,11,17H,2-4,7,10H2,1H3. The predicted molar refractivity (Wildman–Crippen MR) is 79.7 cm³/mol. The molecule has 0 radical (unpaired) electrons. The van der Waals surface area contributed by atoms with E-state index in [4.69, 9.17) is 0 Å². The summed E-state index contributed by atoms with van der Waals surface area (Å²) in [6.45, 7) is 4.63. The molecule has 0 aliphatic carbocycles. The minimum absolute atomic E-state index is 0.719. The average Bonchev–Trinajstić information content (AvgIpc) is 2.73. The van der Waals surface area contributed by atoms with Crippen LogP contribution in [0, 0.1) is 0 Å². The van der Waals surface area contributed by atoms with Gasteiger partial charge in [0, 0.05) is 33.7 Å². The van der Waals surface area contributed by atoms with Crippen LogP contribution in [0.4, 0.5) is 0 Å². The Bertz CT molecular complexity index is 546. The van der Waals surface area contributed by atoms with Crippen LogP contribution in [0.5, 0.6) is 0 Å². The first kappa shape index (κ1) is 12.2. The highest BCUT2D eigenvalue weighted by molar-refractivity contribution is 9.10. The largest absolute Gasteiger partial charge is 0.357 e. The molecule has 18 heavy (non-hydrogen) atoms. The van der Waals surface area contributed by atoms with E-state index in [0.717, 1.165) is 17.1 Å². The Morgan fingerprint density at radius 2 is 2.22 bits per heavy atom. The first-order chi connectivity index (χ1) is 8.72. The molecule has 0 amide bonds. The number of piperidine rings is 1.